The molecule has 5 nitrogen and oxygen atoms in total. The van der Waals surface area contributed by atoms with Crippen molar-refractivity contribution in [1.29, 1.82) is 0 Å². The summed E-state index contributed by atoms with van der Waals surface area (Å²) in [5.41, 5.74) is 1.08. The van der Waals surface area contributed by atoms with Gasteiger partial charge in [-0.05, 0) is 62.4 Å². The Kier molecular flexibility index (Phi) is 7.41. The highest BCUT2D eigenvalue weighted by molar-refractivity contribution is 5.42. The summed E-state index contributed by atoms with van der Waals surface area (Å²) < 4.78 is 21.6. The van der Waals surface area contributed by atoms with E-state index in [0.29, 0.717) is 6.61 Å². The molecule has 0 aliphatic heterocycles. The third-order valence-corrected chi connectivity index (χ3v) is 4.00. The molecule has 0 aliphatic carbocycles. The Labute approximate surface area is 149 Å². The first kappa shape index (κ1) is 18.9. The van der Waals surface area contributed by atoms with E-state index in [0.717, 1.165) is 41.5 Å². The number of benzene rings is 2. The molecule has 25 heavy (non-hydrogen) atoms. The second kappa shape index (κ2) is 9.79. The van der Waals surface area contributed by atoms with E-state index in [9.17, 15) is 0 Å². The Balaban J connectivity index is 1.77. The van der Waals surface area contributed by atoms with Crippen molar-refractivity contribution in [2.24, 2.45) is 0 Å². The summed E-state index contributed by atoms with van der Waals surface area (Å²) in [5, 5.41) is 3.49. The van der Waals surface area contributed by atoms with E-state index in [1.807, 2.05) is 42.5 Å². The standard InChI is InChI=1S/C20H27NO4/c1-15(19-14-18(23-3)10-11-20(19)24-4)21-12-5-13-25-17-8-6-16(22-2)7-9-17/h6-11,14-15,21H,5,12-13H2,1-4H3. The first-order valence-corrected chi connectivity index (χ1v) is 8.40. The maximum atomic E-state index is 5.73. The van der Waals surface area contributed by atoms with Crippen LogP contribution >= 0.6 is 0 Å². The van der Waals surface area contributed by atoms with E-state index in [1.54, 1.807) is 21.3 Å². The smallest absolute Gasteiger partial charge is 0.123 e. The van der Waals surface area contributed by atoms with Crippen molar-refractivity contribution < 1.29 is 18.9 Å². The first-order chi connectivity index (χ1) is 12.2. The lowest BCUT2D eigenvalue weighted by molar-refractivity contribution is 0.304. The zero-order valence-electron chi connectivity index (χ0n) is 15.4. The Morgan fingerprint density at radius 3 is 2.12 bits per heavy atom. The van der Waals surface area contributed by atoms with Crippen LogP contribution in [0.5, 0.6) is 23.0 Å². The zero-order chi connectivity index (χ0) is 18.1. The number of hydrogen-bond acceptors (Lipinski definition) is 5. The van der Waals surface area contributed by atoms with Gasteiger partial charge in [-0.2, -0.15) is 0 Å². The van der Waals surface area contributed by atoms with Crippen LogP contribution in [-0.4, -0.2) is 34.5 Å². The fourth-order valence-corrected chi connectivity index (χ4v) is 2.54. The summed E-state index contributed by atoms with van der Waals surface area (Å²) in [7, 11) is 5.00. The first-order valence-electron chi connectivity index (χ1n) is 8.40. The fraction of sp³-hybridized carbons (Fsp3) is 0.400. The van der Waals surface area contributed by atoms with Crippen molar-refractivity contribution in [1.82, 2.24) is 5.32 Å². The van der Waals surface area contributed by atoms with Gasteiger partial charge in [0.25, 0.3) is 0 Å². The second-order valence-corrected chi connectivity index (χ2v) is 5.66. The average molecular weight is 345 g/mol. The quantitative estimate of drug-likeness (QED) is 0.663. The van der Waals surface area contributed by atoms with Crippen LogP contribution in [0, 0.1) is 0 Å². The van der Waals surface area contributed by atoms with Gasteiger partial charge in [-0.15, -0.1) is 0 Å². The van der Waals surface area contributed by atoms with Crippen LogP contribution in [0.1, 0.15) is 24.9 Å². The summed E-state index contributed by atoms with van der Waals surface area (Å²) in [6.45, 7) is 3.61. The van der Waals surface area contributed by atoms with Gasteiger partial charge in [0.1, 0.15) is 23.0 Å². The minimum absolute atomic E-state index is 0.158. The van der Waals surface area contributed by atoms with Gasteiger partial charge < -0.3 is 24.3 Å². The lowest BCUT2D eigenvalue weighted by Gasteiger charge is -2.18. The molecule has 0 heterocycles. The number of hydrogen-bond donors (Lipinski definition) is 1. The predicted molar refractivity (Wildman–Crippen MR) is 99.1 cm³/mol. The fourth-order valence-electron chi connectivity index (χ4n) is 2.54. The molecular formula is C20H27NO4. The van der Waals surface area contributed by atoms with Crippen LogP contribution in [0.4, 0.5) is 0 Å². The van der Waals surface area contributed by atoms with Crippen molar-refractivity contribution in [3.63, 3.8) is 0 Å². The van der Waals surface area contributed by atoms with Gasteiger partial charge in [-0.1, -0.05) is 0 Å². The van der Waals surface area contributed by atoms with E-state index in [2.05, 4.69) is 12.2 Å². The largest absolute Gasteiger partial charge is 0.497 e. The monoisotopic (exact) mass is 345 g/mol. The molecule has 2 aromatic rings. The SMILES string of the molecule is COc1ccc(OCCCNC(C)c2cc(OC)ccc2OC)cc1. The minimum Gasteiger partial charge on any atom is -0.497 e. The highest BCUT2D eigenvalue weighted by Crippen LogP contribution is 2.29. The van der Waals surface area contributed by atoms with Crippen LogP contribution in [0.25, 0.3) is 0 Å². The van der Waals surface area contributed by atoms with Gasteiger partial charge >= 0.3 is 0 Å². The molecule has 5 heteroatoms. The van der Waals surface area contributed by atoms with Gasteiger partial charge in [0.15, 0.2) is 0 Å². The molecule has 0 amide bonds. The molecule has 0 saturated carbocycles. The Bertz CT molecular complexity index is 643. The van der Waals surface area contributed by atoms with E-state index < -0.39 is 0 Å². The van der Waals surface area contributed by atoms with E-state index in [1.165, 1.54) is 0 Å². The molecular weight excluding hydrogens is 318 g/mol. The third kappa shape index (κ3) is 5.57. The van der Waals surface area contributed by atoms with Gasteiger partial charge in [0.05, 0.1) is 27.9 Å². The zero-order valence-corrected chi connectivity index (χ0v) is 15.4. The van der Waals surface area contributed by atoms with Crippen LogP contribution in [-0.2, 0) is 0 Å². The summed E-state index contributed by atoms with van der Waals surface area (Å²) >= 11 is 0. The van der Waals surface area contributed by atoms with Crippen molar-refractivity contribution in [3.8, 4) is 23.0 Å². The number of methoxy groups -OCH3 is 3. The normalized spacial score (nSPS) is 11.7. The van der Waals surface area contributed by atoms with E-state index >= 15 is 0 Å². The maximum Gasteiger partial charge on any atom is 0.123 e. The molecule has 0 aromatic heterocycles. The Hall–Kier alpha value is -2.40. The molecule has 2 aromatic carbocycles. The molecule has 0 aliphatic rings. The summed E-state index contributed by atoms with van der Waals surface area (Å²) in [6, 6.07) is 13.6. The third-order valence-electron chi connectivity index (χ3n) is 4.00. The molecule has 0 fully saturated rings. The van der Waals surface area contributed by atoms with Gasteiger partial charge in [0.2, 0.25) is 0 Å². The second-order valence-electron chi connectivity index (χ2n) is 5.66. The van der Waals surface area contributed by atoms with Crippen LogP contribution in [0.3, 0.4) is 0 Å². The summed E-state index contributed by atoms with van der Waals surface area (Å²) in [4.78, 5) is 0. The summed E-state index contributed by atoms with van der Waals surface area (Å²) in [5.74, 6) is 3.36. The van der Waals surface area contributed by atoms with E-state index in [4.69, 9.17) is 18.9 Å². The Morgan fingerprint density at radius 2 is 1.48 bits per heavy atom. The van der Waals surface area contributed by atoms with Crippen molar-refractivity contribution in [2.75, 3.05) is 34.5 Å². The van der Waals surface area contributed by atoms with Crippen molar-refractivity contribution in [3.05, 3.63) is 48.0 Å². The summed E-state index contributed by atoms with van der Waals surface area (Å²) in [6.07, 6.45) is 0.905. The highest BCUT2D eigenvalue weighted by atomic mass is 16.5. The molecule has 2 rings (SSSR count). The highest BCUT2D eigenvalue weighted by Gasteiger charge is 2.12. The van der Waals surface area contributed by atoms with Gasteiger partial charge in [-0.3, -0.25) is 0 Å². The van der Waals surface area contributed by atoms with Gasteiger partial charge in [-0.25, -0.2) is 0 Å². The molecule has 0 radical (unpaired) electrons. The maximum absolute atomic E-state index is 5.73. The number of nitrogens with one attached hydrogen (secondary N) is 1. The molecule has 0 spiro atoms. The number of ether oxygens (including phenoxy) is 4. The molecule has 0 saturated heterocycles. The molecule has 1 unspecified atom stereocenters. The predicted octanol–water partition coefficient (Wildman–Crippen LogP) is 3.83. The molecule has 136 valence electrons. The van der Waals surface area contributed by atoms with Crippen LogP contribution in [0.2, 0.25) is 0 Å². The van der Waals surface area contributed by atoms with Crippen molar-refractivity contribution >= 4 is 0 Å². The molecule has 1 N–H and O–H groups in total. The Morgan fingerprint density at radius 1 is 0.840 bits per heavy atom. The van der Waals surface area contributed by atoms with Crippen LogP contribution in [0.15, 0.2) is 42.5 Å². The van der Waals surface area contributed by atoms with E-state index in [-0.39, 0.29) is 6.04 Å². The minimum atomic E-state index is 0.158. The molecule has 0 bridgehead atoms. The lowest BCUT2D eigenvalue weighted by Crippen LogP contribution is -2.22. The molecule has 1 atom stereocenters. The van der Waals surface area contributed by atoms with Crippen molar-refractivity contribution in [2.45, 2.75) is 19.4 Å². The number of rotatable bonds is 10. The van der Waals surface area contributed by atoms with Gasteiger partial charge in [0, 0.05) is 11.6 Å². The van der Waals surface area contributed by atoms with Crippen LogP contribution < -0.4 is 24.3 Å². The topological polar surface area (TPSA) is 49.0 Å². The lowest BCUT2D eigenvalue weighted by atomic mass is 10.1. The average Bonchev–Trinajstić information content (AvgIpc) is 2.67.